The van der Waals surface area contributed by atoms with Crippen LogP contribution in [0.2, 0.25) is 0 Å². The number of rotatable bonds is 4. The van der Waals surface area contributed by atoms with E-state index in [0.29, 0.717) is 6.61 Å². The van der Waals surface area contributed by atoms with Gasteiger partial charge in [0.05, 0.1) is 18.8 Å². The summed E-state index contributed by atoms with van der Waals surface area (Å²) < 4.78 is 0. The molecule has 4 N–H and O–H groups in total. The van der Waals surface area contributed by atoms with Crippen LogP contribution in [-0.4, -0.2) is 39.2 Å². The zero-order valence-electron chi connectivity index (χ0n) is 4.81. The Bertz CT molecular complexity index is 58.0. The molecule has 9 heavy (non-hydrogen) atoms. The quantitative estimate of drug-likeness (QED) is 0.375. The van der Waals surface area contributed by atoms with Gasteiger partial charge in [0, 0.05) is 6.42 Å². The Kier molecular flexibility index (Phi) is 4.61. The molecule has 0 rings (SSSR count). The molecular weight excluding hydrogens is 124 g/mol. The molecule has 4 heteroatoms. The van der Waals surface area contributed by atoms with Gasteiger partial charge in [0.25, 0.3) is 0 Å². The van der Waals surface area contributed by atoms with E-state index in [1.165, 1.54) is 0 Å². The van der Waals surface area contributed by atoms with E-state index in [4.69, 9.17) is 20.4 Å². The maximum atomic E-state index is 8.56. The Hall–Kier alpha value is -0.160. The molecule has 0 aliphatic heterocycles. The molecule has 54 valence electrons. The fourth-order valence-corrected chi connectivity index (χ4v) is 0.338. The van der Waals surface area contributed by atoms with E-state index in [1.54, 1.807) is 0 Å². The zero-order chi connectivity index (χ0) is 7.28. The Balaban J connectivity index is 3.22. The summed E-state index contributed by atoms with van der Waals surface area (Å²) in [4.78, 5) is 0. The maximum Gasteiger partial charge on any atom is 0.109 e. The van der Waals surface area contributed by atoms with Crippen LogP contribution >= 0.6 is 0 Å². The molecule has 0 spiro atoms. The molecule has 0 heterocycles. The number of hydrogen-bond donors (Lipinski definition) is 4. The van der Waals surface area contributed by atoms with Gasteiger partial charge in [0.1, 0.15) is 6.61 Å². The first kappa shape index (κ1) is 8.84. The third kappa shape index (κ3) is 4.35. The lowest BCUT2D eigenvalue weighted by molar-refractivity contribution is 0.0822. The van der Waals surface area contributed by atoms with Crippen LogP contribution in [0.5, 0.6) is 0 Å². The van der Waals surface area contributed by atoms with Crippen molar-refractivity contribution in [2.45, 2.75) is 12.2 Å². The second-order valence-electron chi connectivity index (χ2n) is 1.58. The summed E-state index contributed by atoms with van der Waals surface area (Å²) in [6.45, 7) is 0.0593. The standard InChI is InChI=1S/C5H10O4/c6-2-4(8)1-5(9)3-7/h1-2,4-9H,3H2. The van der Waals surface area contributed by atoms with Gasteiger partial charge in [-0.15, -0.1) is 0 Å². The number of aliphatic hydroxyl groups is 4. The average Bonchev–Trinajstić information content (AvgIpc) is 1.87. The Labute approximate surface area is 53.4 Å². The predicted octanol–water partition coefficient (Wildman–Crippen LogP) is -1.56. The van der Waals surface area contributed by atoms with Crippen LogP contribution in [0.25, 0.3) is 0 Å². The summed E-state index contributed by atoms with van der Waals surface area (Å²) in [5.41, 5.74) is 0. The zero-order valence-corrected chi connectivity index (χ0v) is 4.81. The minimum absolute atomic E-state index is 0.453. The molecule has 0 aliphatic carbocycles. The monoisotopic (exact) mass is 134 g/mol. The van der Waals surface area contributed by atoms with Gasteiger partial charge in [-0.25, -0.2) is 0 Å². The summed E-state index contributed by atoms with van der Waals surface area (Å²) in [5, 5.41) is 33.4. The number of hydrogen-bond acceptors (Lipinski definition) is 4. The predicted molar refractivity (Wildman–Crippen MR) is 29.6 cm³/mol. The first-order chi connectivity index (χ1) is 4.20. The van der Waals surface area contributed by atoms with Crippen molar-refractivity contribution in [2.75, 3.05) is 6.61 Å². The lowest BCUT2D eigenvalue weighted by atomic mass is 10.2. The highest BCUT2D eigenvalue weighted by Gasteiger charge is 2.09. The first-order valence-electron chi connectivity index (χ1n) is 2.50. The Morgan fingerprint density at radius 3 is 2.22 bits per heavy atom. The second kappa shape index (κ2) is 4.69. The van der Waals surface area contributed by atoms with Crippen molar-refractivity contribution in [1.82, 2.24) is 0 Å². The van der Waals surface area contributed by atoms with Gasteiger partial charge in [-0.05, 0) is 0 Å². The molecule has 0 aliphatic rings. The van der Waals surface area contributed by atoms with Crippen molar-refractivity contribution in [2.24, 2.45) is 0 Å². The van der Waals surface area contributed by atoms with Crippen LogP contribution in [0, 0.1) is 13.0 Å². The molecule has 2 unspecified atom stereocenters. The molecule has 2 radical (unpaired) electrons. The molecule has 0 amide bonds. The van der Waals surface area contributed by atoms with Crippen molar-refractivity contribution in [1.29, 1.82) is 0 Å². The molecule has 0 fully saturated rings. The SMILES string of the molecule is O[CH]C(O)[CH]C(O)CO. The minimum Gasteiger partial charge on any atom is -0.394 e. The number of aliphatic hydroxyl groups excluding tert-OH is 4. The third-order valence-electron chi connectivity index (χ3n) is 0.759. The lowest BCUT2D eigenvalue weighted by Gasteiger charge is -2.08. The van der Waals surface area contributed by atoms with Crippen LogP contribution < -0.4 is 0 Å². The van der Waals surface area contributed by atoms with E-state index in [9.17, 15) is 0 Å². The Morgan fingerprint density at radius 1 is 1.33 bits per heavy atom. The van der Waals surface area contributed by atoms with Gasteiger partial charge in [-0.1, -0.05) is 0 Å². The normalized spacial score (nSPS) is 17.3. The fraction of sp³-hybridized carbons (Fsp3) is 0.600. The van der Waals surface area contributed by atoms with Gasteiger partial charge >= 0.3 is 0 Å². The van der Waals surface area contributed by atoms with Gasteiger partial charge in [0.15, 0.2) is 0 Å². The van der Waals surface area contributed by atoms with Crippen molar-refractivity contribution < 1.29 is 20.4 Å². The van der Waals surface area contributed by atoms with E-state index < -0.39 is 18.8 Å². The molecule has 0 saturated carbocycles. The van der Waals surface area contributed by atoms with Crippen LogP contribution in [0.1, 0.15) is 0 Å². The van der Waals surface area contributed by atoms with E-state index in [2.05, 4.69) is 0 Å². The third-order valence-corrected chi connectivity index (χ3v) is 0.759. The minimum atomic E-state index is -1.17. The topological polar surface area (TPSA) is 80.9 Å². The summed E-state index contributed by atoms with van der Waals surface area (Å²) >= 11 is 0. The highest BCUT2D eigenvalue weighted by atomic mass is 16.3. The molecular formula is C5H10O4. The van der Waals surface area contributed by atoms with Gasteiger partial charge < -0.3 is 20.4 Å². The molecule has 0 saturated heterocycles. The van der Waals surface area contributed by atoms with E-state index >= 15 is 0 Å². The van der Waals surface area contributed by atoms with E-state index in [-0.39, 0.29) is 0 Å². The van der Waals surface area contributed by atoms with Crippen LogP contribution in [0.4, 0.5) is 0 Å². The highest BCUT2D eigenvalue weighted by Crippen LogP contribution is 1.96. The van der Waals surface area contributed by atoms with Crippen LogP contribution in [0.3, 0.4) is 0 Å². The van der Waals surface area contributed by atoms with Crippen LogP contribution in [0.15, 0.2) is 0 Å². The van der Waals surface area contributed by atoms with Crippen molar-refractivity contribution in [3.05, 3.63) is 13.0 Å². The van der Waals surface area contributed by atoms with Gasteiger partial charge in [-0.2, -0.15) is 0 Å². The molecule has 2 atom stereocenters. The van der Waals surface area contributed by atoms with Crippen LogP contribution in [-0.2, 0) is 0 Å². The van der Waals surface area contributed by atoms with Gasteiger partial charge in [-0.3, -0.25) is 0 Å². The van der Waals surface area contributed by atoms with E-state index in [1.807, 2.05) is 0 Å². The summed E-state index contributed by atoms with van der Waals surface area (Å²) in [5.74, 6) is 0. The fourth-order valence-electron chi connectivity index (χ4n) is 0.338. The van der Waals surface area contributed by atoms with E-state index in [0.717, 1.165) is 6.42 Å². The molecule has 0 aromatic carbocycles. The highest BCUT2D eigenvalue weighted by molar-refractivity contribution is 4.86. The van der Waals surface area contributed by atoms with Crippen molar-refractivity contribution in [3.63, 3.8) is 0 Å². The smallest absolute Gasteiger partial charge is 0.109 e. The molecule has 0 bridgehead atoms. The lowest BCUT2D eigenvalue weighted by Crippen LogP contribution is -2.21. The van der Waals surface area contributed by atoms with Crippen molar-refractivity contribution in [3.8, 4) is 0 Å². The van der Waals surface area contributed by atoms with Gasteiger partial charge in [0.2, 0.25) is 0 Å². The summed E-state index contributed by atoms with van der Waals surface area (Å²) in [6.07, 6.45) is -1.25. The summed E-state index contributed by atoms with van der Waals surface area (Å²) in [6, 6.07) is 0. The largest absolute Gasteiger partial charge is 0.394 e. The average molecular weight is 134 g/mol. The summed E-state index contributed by atoms with van der Waals surface area (Å²) in [7, 11) is 0. The molecule has 4 nitrogen and oxygen atoms in total. The first-order valence-corrected chi connectivity index (χ1v) is 2.50. The molecule has 0 aromatic rings. The van der Waals surface area contributed by atoms with Crippen molar-refractivity contribution >= 4 is 0 Å². The maximum absolute atomic E-state index is 8.56. The Morgan fingerprint density at radius 2 is 1.89 bits per heavy atom. The molecule has 0 aromatic heterocycles. The second-order valence-corrected chi connectivity index (χ2v) is 1.58.